The smallest absolute Gasteiger partial charge is 0.313 e. The van der Waals surface area contributed by atoms with Crippen molar-refractivity contribution in [2.75, 3.05) is 14.1 Å². The van der Waals surface area contributed by atoms with E-state index in [2.05, 4.69) is 0 Å². The van der Waals surface area contributed by atoms with Gasteiger partial charge in [0, 0.05) is 23.1 Å². The zero-order valence-corrected chi connectivity index (χ0v) is 19.2. The van der Waals surface area contributed by atoms with Crippen LogP contribution < -0.4 is 5.56 Å². The van der Waals surface area contributed by atoms with Crippen LogP contribution in [0.1, 0.15) is 55.4 Å². The summed E-state index contributed by atoms with van der Waals surface area (Å²) in [6.45, 7) is 6.95. The largest absolute Gasteiger partial charge is 0.508 e. The predicted octanol–water partition coefficient (Wildman–Crippen LogP) is 3.77. The number of aromatic hydroxyl groups is 1. The maximum atomic E-state index is 13.2. The number of cyclic esters (lactones) is 1. The van der Waals surface area contributed by atoms with Crippen molar-refractivity contribution in [2.45, 2.75) is 52.8 Å². The van der Waals surface area contributed by atoms with Gasteiger partial charge in [0.2, 0.25) is 0 Å². The first-order valence-corrected chi connectivity index (χ1v) is 11.1. The molecule has 0 saturated carbocycles. The number of phenols is 1. The summed E-state index contributed by atoms with van der Waals surface area (Å²) in [5.74, 6) is -0.453. The molecule has 168 valence electrons. The van der Waals surface area contributed by atoms with Crippen LogP contribution >= 0.6 is 0 Å². The maximum absolute atomic E-state index is 13.2. The van der Waals surface area contributed by atoms with Gasteiger partial charge in [-0.25, -0.2) is 4.98 Å². The SMILES string of the molecule is CC.CCC1C(=O)OCc2c1cc1n(c2=O)Cc2cc3c(CN(C)C)c(O)ccc3nc2-1. The van der Waals surface area contributed by atoms with Gasteiger partial charge in [-0.05, 0) is 50.3 Å². The minimum absolute atomic E-state index is 0.0242. The molecule has 4 heterocycles. The van der Waals surface area contributed by atoms with Crippen molar-refractivity contribution in [3.8, 4) is 17.1 Å². The number of carbonyl (C=O) groups excluding carboxylic acids is 1. The van der Waals surface area contributed by atoms with Gasteiger partial charge in [0.15, 0.2) is 0 Å². The number of phenolic OH excluding ortho intramolecular Hbond substituents is 1. The monoisotopic (exact) mass is 435 g/mol. The molecule has 2 aliphatic rings. The molecule has 7 heteroatoms. The molecule has 3 aromatic rings. The van der Waals surface area contributed by atoms with Crippen LogP contribution in [-0.4, -0.2) is 39.6 Å². The second kappa shape index (κ2) is 8.39. The normalized spacial score (nSPS) is 16.2. The molecular weight excluding hydrogens is 406 g/mol. The first-order chi connectivity index (χ1) is 15.4. The van der Waals surface area contributed by atoms with Crippen LogP contribution in [-0.2, 0) is 29.2 Å². The fourth-order valence-electron chi connectivity index (χ4n) is 4.60. The first kappa shape index (κ1) is 22.0. The number of carbonyl (C=O) groups is 1. The Morgan fingerprint density at radius 3 is 2.66 bits per heavy atom. The third kappa shape index (κ3) is 3.37. The van der Waals surface area contributed by atoms with Crippen molar-refractivity contribution in [3.63, 3.8) is 0 Å². The summed E-state index contributed by atoms with van der Waals surface area (Å²) in [5, 5.41) is 11.3. The Hall–Kier alpha value is -3.19. The van der Waals surface area contributed by atoms with Crippen molar-refractivity contribution < 1.29 is 14.6 Å². The van der Waals surface area contributed by atoms with Crippen molar-refractivity contribution in [2.24, 2.45) is 0 Å². The molecule has 2 aliphatic heterocycles. The second-order valence-electron chi connectivity index (χ2n) is 8.29. The molecule has 1 aromatic carbocycles. The van der Waals surface area contributed by atoms with E-state index < -0.39 is 5.92 Å². The van der Waals surface area contributed by atoms with Crippen molar-refractivity contribution in [1.29, 1.82) is 0 Å². The number of fused-ring (bicyclic) bond motifs is 5. The zero-order chi connectivity index (χ0) is 23.2. The lowest BCUT2D eigenvalue weighted by Gasteiger charge is -2.24. The minimum Gasteiger partial charge on any atom is -0.508 e. The number of hydrogen-bond acceptors (Lipinski definition) is 6. The Morgan fingerprint density at radius 2 is 1.97 bits per heavy atom. The van der Waals surface area contributed by atoms with E-state index in [9.17, 15) is 14.7 Å². The molecule has 1 N–H and O–H groups in total. The van der Waals surface area contributed by atoms with Gasteiger partial charge in [-0.2, -0.15) is 0 Å². The van der Waals surface area contributed by atoms with E-state index in [1.807, 2.05) is 51.9 Å². The highest BCUT2D eigenvalue weighted by molar-refractivity contribution is 5.89. The van der Waals surface area contributed by atoms with E-state index in [0.29, 0.717) is 25.1 Å². The lowest BCUT2D eigenvalue weighted by molar-refractivity contribution is -0.148. The Morgan fingerprint density at radius 1 is 1.22 bits per heavy atom. The number of ether oxygens (including phenoxy) is 1. The van der Waals surface area contributed by atoms with E-state index in [4.69, 9.17) is 9.72 Å². The number of pyridine rings is 2. The predicted molar refractivity (Wildman–Crippen MR) is 124 cm³/mol. The molecule has 0 saturated heterocycles. The summed E-state index contributed by atoms with van der Waals surface area (Å²) >= 11 is 0. The lowest BCUT2D eigenvalue weighted by atomic mass is 9.90. The molecule has 0 bridgehead atoms. The molecule has 7 nitrogen and oxygen atoms in total. The summed E-state index contributed by atoms with van der Waals surface area (Å²) in [6, 6.07) is 7.44. The van der Waals surface area contributed by atoms with Gasteiger partial charge in [-0.3, -0.25) is 9.59 Å². The molecule has 0 fully saturated rings. The zero-order valence-electron chi connectivity index (χ0n) is 19.2. The number of nitrogens with zero attached hydrogens (tertiary/aromatic N) is 3. The Labute approximate surface area is 187 Å². The third-order valence-corrected chi connectivity index (χ3v) is 6.07. The summed E-state index contributed by atoms with van der Waals surface area (Å²) in [5.41, 5.74) is 5.24. The number of benzene rings is 1. The highest BCUT2D eigenvalue weighted by Gasteiger charge is 2.34. The van der Waals surface area contributed by atoms with Crippen LogP contribution in [0, 0.1) is 0 Å². The van der Waals surface area contributed by atoms with Crippen molar-refractivity contribution in [3.05, 3.63) is 56.9 Å². The topological polar surface area (TPSA) is 84.7 Å². The fraction of sp³-hybridized carbons (Fsp3) is 0.400. The molecule has 0 amide bonds. The Balaban J connectivity index is 0.00000119. The van der Waals surface area contributed by atoms with Crippen LogP contribution in [0.2, 0.25) is 0 Å². The van der Waals surface area contributed by atoms with E-state index in [1.165, 1.54) is 0 Å². The van der Waals surface area contributed by atoms with Crippen molar-refractivity contribution in [1.82, 2.24) is 14.5 Å². The molecule has 32 heavy (non-hydrogen) atoms. The lowest BCUT2D eigenvalue weighted by Crippen LogP contribution is -2.32. The van der Waals surface area contributed by atoms with Gasteiger partial charge in [-0.1, -0.05) is 20.8 Å². The van der Waals surface area contributed by atoms with Crippen LogP contribution in [0.15, 0.2) is 29.1 Å². The Kier molecular flexibility index (Phi) is 5.77. The van der Waals surface area contributed by atoms with Crippen LogP contribution in [0.5, 0.6) is 5.75 Å². The first-order valence-electron chi connectivity index (χ1n) is 11.1. The fourth-order valence-corrected chi connectivity index (χ4v) is 4.60. The van der Waals surface area contributed by atoms with Gasteiger partial charge in [0.25, 0.3) is 5.56 Å². The number of rotatable bonds is 3. The molecule has 2 aromatic heterocycles. The number of esters is 1. The summed E-state index contributed by atoms with van der Waals surface area (Å²) in [6.07, 6.45) is 0.583. The standard InChI is InChI=1S/C23H23N3O4.C2H6/c1-4-13-14-8-19-21-12(9-26(19)22(28)17(14)11-30-23(13)29)7-15-16(10-25(2)3)20(27)6-5-18(15)24-21;1-2/h5-8,13,27H,4,9-11H2,1-3H3;1-2H3. The molecule has 0 aliphatic carbocycles. The van der Waals surface area contributed by atoms with E-state index in [0.717, 1.165) is 39.0 Å². The van der Waals surface area contributed by atoms with E-state index in [1.54, 1.807) is 16.7 Å². The molecular formula is C25H29N3O4. The summed E-state index contributed by atoms with van der Waals surface area (Å²) in [4.78, 5) is 32.3. The third-order valence-electron chi connectivity index (χ3n) is 6.07. The minimum atomic E-state index is -0.416. The van der Waals surface area contributed by atoms with Crippen LogP contribution in [0.3, 0.4) is 0 Å². The van der Waals surface area contributed by atoms with Crippen LogP contribution in [0.4, 0.5) is 0 Å². The van der Waals surface area contributed by atoms with Gasteiger partial charge in [-0.15, -0.1) is 0 Å². The summed E-state index contributed by atoms with van der Waals surface area (Å²) < 4.78 is 6.97. The molecule has 1 atom stereocenters. The molecule has 0 spiro atoms. The highest BCUT2D eigenvalue weighted by atomic mass is 16.5. The quantitative estimate of drug-likeness (QED) is 0.493. The number of hydrogen-bond donors (Lipinski definition) is 1. The Bertz CT molecular complexity index is 1280. The van der Waals surface area contributed by atoms with E-state index >= 15 is 0 Å². The molecule has 0 radical (unpaired) electrons. The van der Waals surface area contributed by atoms with Gasteiger partial charge < -0.3 is 19.3 Å². The van der Waals surface area contributed by atoms with Gasteiger partial charge in [0.1, 0.15) is 12.4 Å². The average Bonchev–Trinajstić information content (AvgIpc) is 3.14. The maximum Gasteiger partial charge on any atom is 0.313 e. The average molecular weight is 436 g/mol. The molecule has 5 rings (SSSR count). The van der Waals surface area contributed by atoms with Crippen LogP contribution in [0.25, 0.3) is 22.3 Å². The number of aromatic nitrogens is 2. The van der Waals surface area contributed by atoms with E-state index in [-0.39, 0.29) is 23.9 Å². The van der Waals surface area contributed by atoms with Crippen molar-refractivity contribution >= 4 is 16.9 Å². The summed E-state index contributed by atoms with van der Waals surface area (Å²) in [7, 11) is 3.90. The highest BCUT2D eigenvalue weighted by Crippen LogP contribution is 2.38. The van der Waals surface area contributed by atoms with Gasteiger partial charge in [0.05, 0.1) is 34.9 Å². The van der Waals surface area contributed by atoms with Gasteiger partial charge >= 0.3 is 5.97 Å². The second-order valence-corrected chi connectivity index (χ2v) is 8.29. The molecule has 1 unspecified atom stereocenters.